The zero-order valence-electron chi connectivity index (χ0n) is 15.4. The van der Waals surface area contributed by atoms with Gasteiger partial charge in [-0.1, -0.05) is 72.3 Å². The molecule has 130 valence electrons. The molecule has 0 unspecified atom stereocenters. The lowest BCUT2D eigenvalue weighted by molar-refractivity contribution is 1.10. The molecule has 0 spiro atoms. The molecule has 0 fully saturated rings. The average molecular weight is 347 g/mol. The minimum Gasteiger partial charge on any atom is -0.309 e. The molecule has 27 heavy (non-hydrogen) atoms. The van der Waals surface area contributed by atoms with Gasteiger partial charge in [0.25, 0.3) is 0 Å². The van der Waals surface area contributed by atoms with Gasteiger partial charge < -0.3 is 4.57 Å². The quantitative estimate of drug-likeness (QED) is 0.366. The van der Waals surface area contributed by atoms with Crippen molar-refractivity contribution in [3.05, 3.63) is 102 Å². The molecular weight excluding hydrogens is 326 g/mol. The van der Waals surface area contributed by atoms with Crippen molar-refractivity contribution >= 4 is 23.1 Å². The second-order valence-electron chi connectivity index (χ2n) is 7.11. The number of aromatic nitrogens is 1. The molecular formula is C26H21N. The first kappa shape index (κ1) is 15.9. The number of aryl methyl sites for hydroxylation is 1. The second kappa shape index (κ2) is 6.44. The fourth-order valence-electron chi connectivity index (χ4n) is 3.90. The minimum atomic E-state index is 0.975. The summed E-state index contributed by atoms with van der Waals surface area (Å²) < 4.78 is 2.37. The van der Waals surface area contributed by atoms with Crippen LogP contribution in [0.15, 0.2) is 84.9 Å². The van der Waals surface area contributed by atoms with E-state index in [9.17, 15) is 0 Å². The maximum absolute atomic E-state index is 2.37. The topological polar surface area (TPSA) is 4.93 Å². The van der Waals surface area contributed by atoms with E-state index in [-0.39, 0.29) is 0 Å². The third-order valence-corrected chi connectivity index (χ3v) is 5.28. The first-order chi connectivity index (χ1) is 13.3. The first-order valence-corrected chi connectivity index (χ1v) is 9.45. The van der Waals surface area contributed by atoms with E-state index in [0.29, 0.717) is 0 Å². The zero-order chi connectivity index (χ0) is 18.2. The number of rotatable bonds is 2. The van der Waals surface area contributed by atoms with Gasteiger partial charge in [0.1, 0.15) is 0 Å². The molecule has 5 rings (SSSR count). The Morgan fingerprint density at radius 1 is 0.741 bits per heavy atom. The number of hydrogen-bond acceptors (Lipinski definition) is 0. The Bertz CT molecular complexity index is 1170. The summed E-state index contributed by atoms with van der Waals surface area (Å²) >= 11 is 0. The molecule has 1 aliphatic rings. The lowest BCUT2D eigenvalue weighted by Crippen LogP contribution is -1.96. The van der Waals surface area contributed by atoms with Gasteiger partial charge >= 0.3 is 0 Å². The molecule has 0 saturated heterocycles. The van der Waals surface area contributed by atoms with Crippen LogP contribution in [-0.4, -0.2) is 4.57 Å². The molecule has 0 saturated carbocycles. The van der Waals surface area contributed by atoms with Crippen LogP contribution in [0.3, 0.4) is 0 Å². The Kier molecular flexibility index (Phi) is 3.79. The van der Waals surface area contributed by atoms with Crippen molar-refractivity contribution in [2.75, 3.05) is 0 Å². The Morgan fingerprint density at radius 3 is 2.30 bits per heavy atom. The van der Waals surface area contributed by atoms with Crippen molar-refractivity contribution in [1.29, 1.82) is 0 Å². The Morgan fingerprint density at radius 2 is 1.48 bits per heavy atom. The molecule has 1 heteroatoms. The molecule has 0 bridgehead atoms. The molecule has 1 aromatic heterocycles. The van der Waals surface area contributed by atoms with Gasteiger partial charge in [-0.05, 0) is 54.8 Å². The van der Waals surface area contributed by atoms with Crippen molar-refractivity contribution in [3.8, 4) is 16.8 Å². The Labute approximate surface area is 159 Å². The number of para-hydroxylation sites is 1. The normalized spacial score (nSPS) is 12.9. The van der Waals surface area contributed by atoms with E-state index >= 15 is 0 Å². The van der Waals surface area contributed by atoms with Gasteiger partial charge in [-0.2, -0.15) is 0 Å². The summed E-state index contributed by atoms with van der Waals surface area (Å²) in [5, 5.41) is 1.30. The highest BCUT2D eigenvalue weighted by Gasteiger charge is 2.16. The lowest BCUT2D eigenvalue weighted by atomic mass is 10.0. The van der Waals surface area contributed by atoms with Crippen LogP contribution in [-0.2, 0) is 0 Å². The summed E-state index contributed by atoms with van der Waals surface area (Å²) in [5.41, 5.74) is 8.82. The largest absolute Gasteiger partial charge is 0.309 e. The van der Waals surface area contributed by atoms with Crippen molar-refractivity contribution in [2.45, 2.75) is 13.3 Å². The number of benzene rings is 3. The Balaban J connectivity index is 1.80. The molecule has 1 aliphatic carbocycles. The van der Waals surface area contributed by atoms with Crippen molar-refractivity contribution < 1.29 is 0 Å². The van der Waals surface area contributed by atoms with Gasteiger partial charge in [0.15, 0.2) is 0 Å². The summed E-state index contributed by atoms with van der Waals surface area (Å²) in [6, 6.07) is 26.2. The number of fused-ring (bicyclic) bond motifs is 3. The summed E-state index contributed by atoms with van der Waals surface area (Å²) in [6.07, 6.45) is 9.99. The average Bonchev–Trinajstić information content (AvgIpc) is 2.85. The third-order valence-electron chi connectivity index (χ3n) is 5.28. The van der Waals surface area contributed by atoms with E-state index in [1.807, 2.05) is 0 Å². The van der Waals surface area contributed by atoms with Crippen LogP contribution in [0.1, 0.15) is 23.2 Å². The highest BCUT2D eigenvalue weighted by Crippen LogP contribution is 2.35. The van der Waals surface area contributed by atoms with Crippen LogP contribution >= 0.6 is 0 Å². The number of nitrogens with zero attached hydrogens (tertiary/aromatic N) is 1. The van der Waals surface area contributed by atoms with Crippen LogP contribution in [0.2, 0.25) is 0 Å². The molecule has 0 amide bonds. The summed E-state index contributed by atoms with van der Waals surface area (Å²) in [5.74, 6) is 0. The third kappa shape index (κ3) is 2.72. The van der Waals surface area contributed by atoms with Crippen molar-refractivity contribution in [2.24, 2.45) is 0 Å². The number of hydrogen-bond donors (Lipinski definition) is 0. The highest BCUT2D eigenvalue weighted by atomic mass is 15.0. The van der Waals surface area contributed by atoms with Crippen molar-refractivity contribution in [1.82, 2.24) is 4.57 Å². The SMILES string of the molecule is Cc1ccc(-c2ccc3c(c2)c2c(n3-c3ccccc3)C=CCC=C2)cc1. The Hall–Kier alpha value is -3.32. The van der Waals surface area contributed by atoms with Gasteiger partial charge in [0.2, 0.25) is 0 Å². The molecule has 0 aliphatic heterocycles. The lowest BCUT2D eigenvalue weighted by Gasteiger charge is -2.09. The van der Waals surface area contributed by atoms with E-state index in [2.05, 4.69) is 109 Å². The number of allylic oxidation sites excluding steroid dienone is 2. The second-order valence-corrected chi connectivity index (χ2v) is 7.11. The summed E-state index contributed by atoms with van der Waals surface area (Å²) in [7, 11) is 0. The molecule has 1 heterocycles. The van der Waals surface area contributed by atoms with Gasteiger partial charge in [0, 0.05) is 16.6 Å². The molecule has 1 nitrogen and oxygen atoms in total. The van der Waals surface area contributed by atoms with E-state index in [4.69, 9.17) is 0 Å². The first-order valence-electron chi connectivity index (χ1n) is 9.45. The predicted molar refractivity (Wildman–Crippen MR) is 116 cm³/mol. The van der Waals surface area contributed by atoms with Crippen LogP contribution in [0.4, 0.5) is 0 Å². The van der Waals surface area contributed by atoms with E-state index in [1.54, 1.807) is 0 Å². The maximum atomic E-state index is 2.37. The molecule has 4 aromatic rings. The fourth-order valence-corrected chi connectivity index (χ4v) is 3.90. The summed E-state index contributed by atoms with van der Waals surface area (Å²) in [4.78, 5) is 0. The van der Waals surface area contributed by atoms with Crippen LogP contribution in [0.25, 0.3) is 39.9 Å². The van der Waals surface area contributed by atoms with Gasteiger partial charge in [-0.3, -0.25) is 0 Å². The minimum absolute atomic E-state index is 0.975. The van der Waals surface area contributed by atoms with Crippen molar-refractivity contribution in [3.63, 3.8) is 0 Å². The fraction of sp³-hybridized carbons (Fsp3) is 0.0769. The smallest absolute Gasteiger partial charge is 0.0541 e. The predicted octanol–water partition coefficient (Wildman–Crippen LogP) is 7.04. The van der Waals surface area contributed by atoms with Gasteiger partial charge in [-0.15, -0.1) is 0 Å². The van der Waals surface area contributed by atoms with E-state index < -0.39 is 0 Å². The standard InChI is InChI=1S/C26H21N/c1-19-12-14-20(15-13-19)21-16-17-26-24(18-21)23-10-6-3-7-11-25(23)27(26)22-8-4-2-5-9-22/h2,4-18H,3H2,1H3. The molecule has 0 radical (unpaired) electrons. The van der Waals surface area contributed by atoms with Crippen LogP contribution < -0.4 is 0 Å². The molecule has 0 N–H and O–H groups in total. The van der Waals surface area contributed by atoms with E-state index in [1.165, 1.54) is 44.5 Å². The van der Waals surface area contributed by atoms with Gasteiger partial charge in [0.05, 0.1) is 11.2 Å². The monoisotopic (exact) mass is 347 g/mol. The molecule has 0 atom stereocenters. The van der Waals surface area contributed by atoms with E-state index in [0.717, 1.165) is 6.42 Å². The maximum Gasteiger partial charge on any atom is 0.0541 e. The highest BCUT2D eigenvalue weighted by molar-refractivity contribution is 5.98. The van der Waals surface area contributed by atoms with Crippen LogP contribution in [0.5, 0.6) is 0 Å². The zero-order valence-corrected chi connectivity index (χ0v) is 15.4. The summed E-state index contributed by atoms with van der Waals surface area (Å²) in [6.45, 7) is 2.13. The van der Waals surface area contributed by atoms with Gasteiger partial charge in [-0.25, -0.2) is 0 Å². The molecule has 3 aromatic carbocycles. The van der Waals surface area contributed by atoms with Crippen LogP contribution in [0, 0.1) is 6.92 Å².